The first-order valence-electron chi connectivity index (χ1n) is 7.99. The maximum atomic E-state index is 14.3. The highest BCUT2D eigenvalue weighted by molar-refractivity contribution is 7.85. The smallest absolute Gasteiger partial charge is 0.339 e. The van der Waals surface area contributed by atoms with Gasteiger partial charge in [0.15, 0.2) is 7.14 Å². The lowest BCUT2D eigenvalue weighted by molar-refractivity contribution is 0.0599. The van der Waals surface area contributed by atoms with Crippen LogP contribution < -0.4 is 16.0 Å². The number of rotatable bonds is 4. The van der Waals surface area contributed by atoms with Crippen LogP contribution in [-0.2, 0) is 9.30 Å². The molecule has 3 aromatic rings. The van der Waals surface area contributed by atoms with Crippen molar-refractivity contribution in [2.24, 2.45) is 0 Å². The fourth-order valence-corrected chi connectivity index (χ4v) is 6.05. The molecule has 0 bridgehead atoms. The monoisotopic (exact) mass is 353 g/mol. The van der Waals surface area contributed by atoms with E-state index in [9.17, 15) is 9.36 Å². The summed E-state index contributed by atoms with van der Waals surface area (Å²) in [6.07, 6.45) is 0. The number of nitrogens with one attached hydrogen (secondary N) is 1. The molecule has 0 aliphatic carbocycles. The second-order valence-electron chi connectivity index (χ2n) is 5.87. The van der Waals surface area contributed by atoms with Crippen LogP contribution in [0.1, 0.15) is 21.6 Å². The number of aromatic amines is 1. The van der Waals surface area contributed by atoms with Gasteiger partial charge in [-0.1, -0.05) is 60.7 Å². The Balaban J connectivity index is 2.32. The molecule has 0 aliphatic rings. The van der Waals surface area contributed by atoms with Crippen molar-refractivity contribution >= 4 is 29.2 Å². The Labute approximate surface area is 147 Å². The van der Waals surface area contributed by atoms with Crippen molar-refractivity contribution in [1.29, 1.82) is 0 Å². The van der Waals surface area contributed by atoms with Crippen LogP contribution in [0.5, 0.6) is 0 Å². The minimum atomic E-state index is -3.13. The Kier molecular flexibility index (Phi) is 4.65. The first-order valence-corrected chi connectivity index (χ1v) is 9.70. The lowest BCUT2D eigenvalue weighted by Gasteiger charge is -2.19. The van der Waals surface area contributed by atoms with E-state index < -0.39 is 13.1 Å². The zero-order valence-electron chi connectivity index (χ0n) is 14.4. The van der Waals surface area contributed by atoms with E-state index >= 15 is 0 Å². The standard InChI is InChI=1S/C20H20NO3P/c1-14-18(20(22)24-3)15(2)21-19(14)25(23,16-10-6-4-7-11-16)17-12-8-5-9-13-17/h4-13,21H,1-3H3. The summed E-state index contributed by atoms with van der Waals surface area (Å²) in [4.78, 5) is 15.3. The summed E-state index contributed by atoms with van der Waals surface area (Å²) in [5.74, 6) is -0.426. The third-order valence-corrected chi connectivity index (χ3v) is 7.48. The number of benzene rings is 2. The van der Waals surface area contributed by atoms with Gasteiger partial charge in [0.2, 0.25) is 0 Å². The molecule has 4 nitrogen and oxygen atoms in total. The van der Waals surface area contributed by atoms with Gasteiger partial charge >= 0.3 is 5.97 Å². The second-order valence-corrected chi connectivity index (χ2v) is 8.57. The van der Waals surface area contributed by atoms with Crippen LogP contribution in [0, 0.1) is 13.8 Å². The quantitative estimate of drug-likeness (QED) is 0.579. The summed E-state index contributed by atoms with van der Waals surface area (Å²) in [6.45, 7) is 3.60. The van der Waals surface area contributed by atoms with Crippen LogP contribution in [-0.4, -0.2) is 18.1 Å². The molecule has 1 heterocycles. The maximum Gasteiger partial charge on any atom is 0.339 e. The Morgan fingerprint density at radius 2 is 1.40 bits per heavy atom. The molecule has 5 heteroatoms. The number of carbonyl (C=O) groups excluding carboxylic acids is 1. The second kappa shape index (κ2) is 6.73. The number of methoxy groups -OCH3 is 1. The molecule has 0 spiro atoms. The van der Waals surface area contributed by atoms with Crippen LogP contribution in [0.4, 0.5) is 0 Å². The Morgan fingerprint density at radius 1 is 0.920 bits per heavy atom. The molecule has 128 valence electrons. The van der Waals surface area contributed by atoms with E-state index in [0.717, 1.165) is 10.6 Å². The summed E-state index contributed by atoms with van der Waals surface area (Å²) >= 11 is 0. The predicted octanol–water partition coefficient (Wildman–Crippen LogP) is 3.06. The number of carbonyl (C=O) groups is 1. The van der Waals surface area contributed by atoms with Gasteiger partial charge in [0.05, 0.1) is 18.1 Å². The zero-order chi connectivity index (χ0) is 18.0. The highest BCUT2D eigenvalue weighted by Crippen LogP contribution is 2.43. The molecule has 0 fully saturated rings. The molecular weight excluding hydrogens is 333 g/mol. The number of aryl methyl sites for hydroxylation is 1. The molecule has 0 saturated heterocycles. The minimum Gasteiger partial charge on any atom is -0.465 e. The minimum absolute atomic E-state index is 0.426. The number of esters is 1. The summed E-state index contributed by atoms with van der Waals surface area (Å²) in [6, 6.07) is 18.7. The Bertz CT molecular complexity index is 902. The van der Waals surface area contributed by atoms with Crippen molar-refractivity contribution in [2.75, 3.05) is 7.11 Å². The van der Waals surface area contributed by atoms with Crippen molar-refractivity contribution in [2.45, 2.75) is 13.8 Å². The van der Waals surface area contributed by atoms with E-state index in [1.54, 1.807) is 6.92 Å². The van der Waals surface area contributed by atoms with E-state index in [-0.39, 0.29) is 0 Å². The summed E-state index contributed by atoms with van der Waals surface area (Å²) < 4.78 is 19.2. The largest absolute Gasteiger partial charge is 0.465 e. The van der Waals surface area contributed by atoms with Crippen LogP contribution >= 0.6 is 7.14 Å². The van der Waals surface area contributed by atoms with Gasteiger partial charge in [0, 0.05) is 16.3 Å². The van der Waals surface area contributed by atoms with Crippen LogP contribution in [0.15, 0.2) is 60.7 Å². The maximum absolute atomic E-state index is 14.3. The number of ether oxygens (including phenoxy) is 1. The highest BCUT2D eigenvalue weighted by Gasteiger charge is 2.35. The van der Waals surface area contributed by atoms with Crippen molar-refractivity contribution in [3.8, 4) is 0 Å². The van der Waals surface area contributed by atoms with Crippen LogP contribution in [0.25, 0.3) is 0 Å². The topological polar surface area (TPSA) is 59.2 Å². The van der Waals surface area contributed by atoms with Gasteiger partial charge in [0.25, 0.3) is 0 Å². The predicted molar refractivity (Wildman–Crippen MR) is 101 cm³/mol. The Morgan fingerprint density at radius 3 is 1.84 bits per heavy atom. The van der Waals surface area contributed by atoms with Gasteiger partial charge in [-0.2, -0.15) is 0 Å². The number of aromatic nitrogens is 1. The van der Waals surface area contributed by atoms with E-state index in [1.807, 2.05) is 67.6 Å². The molecule has 25 heavy (non-hydrogen) atoms. The molecule has 1 aromatic heterocycles. The first kappa shape index (κ1) is 17.2. The molecule has 3 rings (SSSR count). The average Bonchev–Trinajstić information content (AvgIpc) is 2.96. The van der Waals surface area contributed by atoms with E-state index in [4.69, 9.17) is 4.74 Å². The number of H-pyrrole nitrogens is 1. The van der Waals surface area contributed by atoms with Crippen molar-refractivity contribution in [1.82, 2.24) is 4.98 Å². The average molecular weight is 353 g/mol. The first-order chi connectivity index (χ1) is 12.0. The summed E-state index contributed by atoms with van der Waals surface area (Å²) in [5, 5.41) is 1.45. The van der Waals surface area contributed by atoms with Gasteiger partial charge in [-0.05, 0) is 19.4 Å². The van der Waals surface area contributed by atoms with Crippen molar-refractivity contribution in [3.05, 3.63) is 77.5 Å². The fraction of sp³-hybridized carbons (Fsp3) is 0.150. The lowest BCUT2D eigenvalue weighted by Crippen LogP contribution is -2.27. The molecule has 0 aliphatic heterocycles. The van der Waals surface area contributed by atoms with Crippen LogP contribution in [0.3, 0.4) is 0 Å². The third kappa shape index (κ3) is 2.83. The van der Waals surface area contributed by atoms with Gasteiger partial charge in [0.1, 0.15) is 0 Å². The molecule has 0 radical (unpaired) electrons. The molecule has 2 aromatic carbocycles. The van der Waals surface area contributed by atoms with Gasteiger partial charge in [-0.3, -0.25) is 0 Å². The van der Waals surface area contributed by atoms with E-state index in [1.165, 1.54) is 7.11 Å². The molecule has 1 N–H and O–H groups in total. The third-order valence-electron chi connectivity index (χ3n) is 4.36. The fourth-order valence-electron chi connectivity index (χ4n) is 3.14. The Hall–Kier alpha value is -2.58. The SMILES string of the molecule is COC(=O)c1c(C)[nH]c(P(=O)(c2ccccc2)c2ccccc2)c1C. The van der Waals surface area contributed by atoms with Gasteiger partial charge < -0.3 is 14.3 Å². The number of hydrogen-bond donors (Lipinski definition) is 1. The van der Waals surface area contributed by atoms with Crippen molar-refractivity contribution < 1.29 is 14.1 Å². The normalized spacial score (nSPS) is 11.3. The van der Waals surface area contributed by atoms with Gasteiger partial charge in [-0.15, -0.1) is 0 Å². The number of hydrogen-bond acceptors (Lipinski definition) is 3. The molecule has 0 atom stereocenters. The van der Waals surface area contributed by atoms with Crippen LogP contribution in [0.2, 0.25) is 0 Å². The van der Waals surface area contributed by atoms with E-state index in [2.05, 4.69) is 4.98 Å². The van der Waals surface area contributed by atoms with Gasteiger partial charge in [-0.25, -0.2) is 4.79 Å². The molecule has 0 unspecified atom stereocenters. The summed E-state index contributed by atoms with van der Waals surface area (Å²) in [7, 11) is -1.78. The molecular formula is C20H20NO3P. The molecule has 0 saturated carbocycles. The van der Waals surface area contributed by atoms with E-state index in [0.29, 0.717) is 22.3 Å². The highest BCUT2D eigenvalue weighted by atomic mass is 31.2. The zero-order valence-corrected chi connectivity index (χ0v) is 15.3. The molecule has 0 amide bonds. The van der Waals surface area contributed by atoms with Crippen molar-refractivity contribution in [3.63, 3.8) is 0 Å². The summed E-state index contributed by atoms with van der Waals surface area (Å²) in [5.41, 5.74) is 2.35. The lowest BCUT2D eigenvalue weighted by atomic mass is 10.2.